The van der Waals surface area contributed by atoms with Gasteiger partial charge in [0.25, 0.3) is 0 Å². The maximum Gasteiger partial charge on any atom is 0.339 e. The summed E-state index contributed by atoms with van der Waals surface area (Å²) >= 11 is 0. The van der Waals surface area contributed by atoms with Crippen LogP contribution in [0.5, 0.6) is 5.75 Å². The first-order valence-corrected chi connectivity index (χ1v) is 5.41. The summed E-state index contributed by atoms with van der Waals surface area (Å²) in [5, 5.41) is 21.0. The molecular weight excluding hydrogens is 236 g/mol. The predicted molar refractivity (Wildman–Crippen MR) is 66.9 cm³/mol. The maximum atomic E-state index is 11.6. The number of nitrogens with zero attached hydrogens (tertiary/aromatic N) is 1. The Hall–Kier alpha value is -2.08. The fraction of sp³-hybridized carbons (Fsp3) is 0.333. The summed E-state index contributed by atoms with van der Waals surface area (Å²) in [6, 6.07) is 4.19. The number of nitrogens with one attached hydrogen (secondary N) is 1. The van der Waals surface area contributed by atoms with Crippen LogP contribution in [0.4, 0.5) is 5.69 Å². The Morgan fingerprint density at radius 3 is 2.56 bits per heavy atom. The van der Waals surface area contributed by atoms with E-state index >= 15 is 0 Å². The molecule has 0 atom stereocenters. The number of para-hydroxylation sites is 1. The second-order valence-electron chi connectivity index (χ2n) is 4.11. The van der Waals surface area contributed by atoms with Crippen molar-refractivity contribution in [1.82, 2.24) is 4.90 Å². The van der Waals surface area contributed by atoms with Crippen LogP contribution in [0.1, 0.15) is 16.8 Å². The number of rotatable bonds is 5. The molecule has 0 aromatic heterocycles. The van der Waals surface area contributed by atoms with Crippen molar-refractivity contribution in [3.05, 3.63) is 23.8 Å². The second-order valence-corrected chi connectivity index (χ2v) is 4.11. The van der Waals surface area contributed by atoms with Crippen LogP contribution >= 0.6 is 0 Å². The highest BCUT2D eigenvalue weighted by Crippen LogP contribution is 2.27. The normalized spacial score (nSPS) is 10.4. The van der Waals surface area contributed by atoms with Crippen molar-refractivity contribution in [2.75, 3.05) is 26.0 Å². The molecule has 1 rings (SSSR count). The third-order valence-electron chi connectivity index (χ3n) is 2.33. The zero-order valence-electron chi connectivity index (χ0n) is 10.3. The zero-order chi connectivity index (χ0) is 13.7. The molecule has 0 saturated carbocycles. The summed E-state index contributed by atoms with van der Waals surface area (Å²) in [7, 11) is 3.69. The molecule has 0 aliphatic rings. The highest BCUT2D eigenvalue weighted by Gasteiger charge is 2.14. The molecule has 0 fully saturated rings. The highest BCUT2D eigenvalue weighted by molar-refractivity contribution is 5.97. The summed E-state index contributed by atoms with van der Waals surface area (Å²) in [4.78, 5) is 24.2. The Labute approximate surface area is 105 Å². The van der Waals surface area contributed by atoms with Crippen LogP contribution in [0.3, 0.4) is 0 Å². The van der Waals surface area contributed by atoms with Crippen LogP contribution in [-0.4, -0.2) is 47.6 Å². The molecule has 1 aromatic rings. The van der Waals surface area contributed by atoms with Crippen LogP contribution in [-0.2, 0) is 4.79 Å². The fourth-order valence-corrected chi connectivity index (χ4v) is 1.35. The average Bonchev–Trinajstić information content (AvgIpc) is 2.29. The Balaban J connectivity index is 2.76. The zero-order valence-corrected chi connectivity index (χ0v) is 10.3. The molecule has 0 heterocycles. The van der Waals surface area contributed by atoms with Crippen molar-refractivity contribution >= 4 is 17.6 Å². The molecule has 98 valence electrons. The van der Waals surface area contributed by atoms with E-state index in [-0.39, 0.29) is 23.6 Å². The molecule has 0 radical (unpaired) electrons. The van der Waals surface area contributed by atoms with E-state index in [1.807, 2.05) is 19.0 Å². The van der Waals surface area contributed by atoms with Crippen LogP contribution in [0.2, 0.25) is 0 Å². The molecule has 1 aromatic carbocycles. The lowest BCUT2D eigenvalue weighted by Crippen LogP contribution is -2.21. The van der Waals surface area contributed by atoms with E-state index in [9.17, 15) is 14.7 Å². The number of phenols is 1. The Morgan fingerprint density at radius 2 is 2.00 bits per heavy atom. The summed E-state index contributed by atoms with van der Waals surface area (Å²) in [5.74, 6) is -1.94. The van der Waals surface area contributed by atoms with E-state index in [4.69, 9.17) is 5.11 Å². The SMILES string of the molecule is CN(C)CCC(=O)Nc1cccc(C(=O)O)c1O. The van der Waals surface area contributed by atoms with Gasteiger partial charge in [-0.05, 0) is 26.2 Å². The van der Waals surface area contributed by atoms with Crippen molar-refractivity contribution < 1.29 is 19.8 Å². The summed E-state index contributed by atoms with van der Waals surface area (Å²) < 4.78 is 0. The lowest BCUT2D eigenvalue weighted by molar-refractivity contribution is -0.116. The first-order chi connectivity index (χ1) is 8.41. The quantitative estimate of drug-likeness (QED) is 0.680. The van der Waals surface area contributed by atoms with Gasteiger partial charge in [0, 0.05) is 13.0 Å². The number of hydrogen-bond donors (Lipinski definition) is 3. The Morgan fingerprint density at radius 1 is 1.33 bits per heavy atom. The van der Waals surface area contributed by atoms with Gasteiger partial charge in [-0.15, -0.1) is 0 Å². The van der Waals surface area contributed by atoms with Crippen molar-refractivity contribution in [2.45, 2.75) is 6.42 Å². The monoisotopic (exact) mass is 252 g/mol. The van der Waals surface area contributed by atoms with E-state index < -0.39 is 11.7 Å². The van der Waals surface area contributed by atoms with E-state index in [0.29, 0.717) is 6.54 Å². The van der Waals surface area contributed by atoms with E-state index in [2.05, 4.69) is 5.32 Å². The van der Waals surface area contributed by atoms with Crippen molar-refractivity contribution in [2.24, 2.45) is 0 Å². The Kier molecular flexibility index (Phi) is 4.67. The topological polar surface area (TPSA) is 89.9 Å². The number of benzene rings is 1. The third kappa shape index (κ3) is 3.74. The van der Waals surface area contributed by atoms with Crippen molar-refractivity contribution in [1.29, 1.82) is 0 Å². The molecule has 0 aliphatic carbocycles. The summed E-state index contributed by atoms with van der Waals surface area (Å²) in [5.41, 5.74) is -0.126. The molecule has 1 amide bonds. The van der Waals surface area contributed by atoms with Gasteiger partial charge in [-0.25, -0.2) is 4.79 Å². The van der Waals surface area contributed by atoms with Gasteiger partial charge in [-0.2, -0.15) is 0 Å². The number of aromatic carboxylic acids is 1. The molecule has 0 spiro atoms. The maximum absolute atomic E-state index is 11.6. The molecule has 6 nitrogen and oxygen atoms in total. The molecule has 3 N–H and O–H groups in total. The molecule has 0 saturated heterocycles. The Bertz CT molecular complexity index is 457. The standard InChI is InChI=1S/C12H16N2O4/c1-14(2)7-6-10(15)13-9-5-3-4-8(11(9)16)12(17)18/h3-5,16H,6-7H2,1-2H3,(H,13,15)(H,17,18). The van der Waals surface area contributed by atoms with E-state index in [0.717, 1.165) is 0 Å². The van der Waals surface area contributed by atoms with Crippen molar-refractivity contribution in [3.63, 3.8) is 0 Å². The molecular formula is C12H16N2O4. The van der Waals surface area contributed by atoms with E-state index in [1.165, 1.54) is 18.2 Å². The minimum atomic E-state index is -1.24. The van der Waals surface area contributed by atoms with Gasteiger partial charge in [-0.1, -0.05) is 6.07 Å². The summed E-state index contributed by atoms with van der Waals surface area (Å²) in [6.07, 6.45) is 0.268. The fourth-order valence-electron chi connectivity index (χ4n) is 1.35. The van der Waals surface area contributed by atoms with Crippen LogP contribution in [0.25, 0.3) is 0 Å². The number of carboxylic acid groups (broad SMARTS) is 1. The number of aromatic hydroxyl groups is 1. The predicted octanol–water partition coefficient (Wildman–Crippen LogP) is 0.981. The smallest absolute Gasteiger partial charge is 0.339 e. The molecule has 0 unspecified atom stereocenters. The minimum Gasteiger partial charge on any atom is -0.505 e. The van der Waals surface area contributed by atoms with Gasteiger partial charge < -0.3 is 20.4 Å². The van der Waals surface area contributed by atoms with Gasteiger partial charge in [0.15, 0.2) is 5.75 Å². The van der Waals surface area contributed by atoms with E-state index in [1.54, 1.807) is 0 Å². The lowest BCUT2D eigenvalue weighted by Gasteiger charge is -2.11. The highest BCUT2D eigenvalue weighted by atomic mass is 16.4. The van der Waals surface area contributed by atoms with Crippen LogP contribution in [0.15, 0.2) is 18.2 Å². The minimum absolute atomic E-state index is 0.110. The van der Waals surface area contributed by atoms with Gasteiger partial charge in [0.2, 0.25) is 5.91 Å². The van der Waals surface area contributed by atoms with Gasteiger partial charge in [0.05, 0.1) is 5.69 Å². The first-order valence-electron chi connectivity index (χ1n) is 5.41. The number of carbonyl (C=O) groups is 2. The second kappa shape index (κ2) is 6.02. The van der Waals surface area contributed by atoms with Crippen molar-refractivity contribution in [3.8, 4) is 5.75 Å². The number of carbonyl (C=O) groups excluding carboxylic acids is 1. The van der Waals surface area contributed by atoms with Gasteiger partial charge in [0.1, 0.15) is 5.56 Å². The molecule has 0 bridgehead atoms. The van der Waals surface area contributed by atoms with Gasteiger partial charge in [-0.3, -0.25) is 4.79 Å². The summed E-state index contributed by atoms with van der Waals surface area (Å²) in [6.45, 7) is 0.575. The average molecular weight is 252 g/mol. The third-order valence-corrected chi connectivity index (χ3v) is 2.33. The van der Waals surface area contributed by atoms with Crippen LogP contribution in [0, 0.1) is 0 Å². The first kappa shape index (κ1) is 14.0. The van der Waals surface area contributed by atoms with Crippen LogP contribution < -0.4 is 5.32 Å². The number of amides is 1. The number of anilines is 1. The molecule has 0 aliphatic heterocycles. The molecule has 6 heteroatoms. The number of hydrogen-bond acceptors (Lipinski definition) is 4. The van der Waals surface area contributed by atoms with Gasteiger partial charge >= 0.3 is 5.97 Å². The largest absolute Gasteiger partial charge is 0.505 e. The number of carboxylic acids is 1. The molecule has 18 heavy (non-hydrogen) atoms. The lowest BCUT2D eigenvalue weighted by atomic mass is 10.1.